The first-order valence-corrected chi connectivity index (χ1v) is 11.6. The Hall–Kier alpha value is -4.01. The number of hydrogen-bond acceptors (Lipinski definition) is 5. The Morgan fingerprint density at radius 2 is 1.83 bits per heavy atom. The van der Waals surface area contributed by atoms with Gasteiger partial charge in [0.1, 0.15) is 5.82 Å². The number of carbonyl (C=O) groups is 3. The van der Waals surface area contributed by atoms with Crippen molar-refractivity contribution in [3.05, 3.63) is 66.1 Å². The standard InChI is InChI=1S/C26H27FN4O4/c1-3-35-26(34)23-16-24(31(29-23)22-9-5-7-20(27)15-22)19-6-4-8-21(14-19)28-25(33)18-10-12-30(13-11-18)17(2)32/h4-9,14-16,18H,3,10-13H2,1-2H3,(H,28,33). The summed E-state index contributed by atoms with van der Waals surface area (Å²) in [6, 6.07) is 14.7. The number of piperidine rings is 1. The molecule has 1 aliphatic rings. The molecular weight excluding hydrogens is 451 g/mol. The minimum Gasteiger partial charge on any atom is -0.461 e. The summed E-state index contributed by atoms with van der Waals surface area (Å²) in [4.78, 5) is 38.5. The molecule has 35 heavy (non-hydrogen) atoms. The molecule has 2 amide bonds. The van der Waals surface area contributed by atoms with Gasteiger partial charge < -0.3 is 15.0 Å². The van der Waals surface area contributed by atoms with E-state index in [2.05, 4.69) is 10.4 Å². The van der Waals surface area contributed by atoms with E-state index < -0.39 is 11.8 Å². The number of carbonyl (C=O) groups excluding carboxylic acids is 3. The Labute approximate surface area is 202 Å². The van der Waals surface area contributed by atoms with Crippen molar-refractivity contribution in [2.75, 3.05) is 25.0 Å². The largest absolute Gasteiger partial charge is 0.461 e. The fraction of sp³-hybridized carbons (Fsp3) is 0.308. The summed E-state index contributed by atoms with van der Waals surface area (Å²) in [5.41, 5.74) is 2.36. The van der Waals surface area contributed by atoms with Gasteiger partial charge in [0.15, 0.2) is 5.69 Å². The highest BCUT2D eigenvalue weighted by Crippen LogP contribution is 2.28. The SMILES string of the molecule is CCOC(=O)c1cc(-c2cccc(NC(=O)C3CCN(C(C)=O)CC3)c2)n(-c2cccc(F)c2)n1. The molecule has 0 unspecified atom stereocenters. The van der Waals surface area contributed by atoms with Crippen molar-refractivity contribution >= 4 is 23.5 Å². The first-order chi connectivity index (χ1) is 16.9. The topological polar surface area (TPSA) is 93.5 Å². The molecule has 2 heterocycles. The first kappa shape index (κ1) is 24.1. The number of halogens is 1. The number of amides is 2. The highest BCUT2D eigenvalue weighted by atomic mass is 19.1. The number of aromatic nitrogens is 2. The molecule has 1 saturated heterocycles. The highest BCUT2D eigenvalue weighted by Gasteiger charge is 2.26. The van der Waals surface area contributed by atoms with Gasteiger partial charge in [0.2, 0.25) is 11.8 Å². The van der Waals surface area contributed by atoms with Crippen LogP contribution in [0.5, 0.6) is 0 Å². The lowest BCUT2D eigenvalue weighted by atomic mass is 9.95. The number of nitrogens with zero attached hydrogens (tertiary/aromatic N) is 3. The zero-order valence-electron chi connectivity index (χ0n) is 19.7. The third-order valence-corrected chi connectivity index (χ3v) is 5.98. The van der Waals surface area contributed by atoms with Crippen LogP contribution in [0.4, 0.5) is 10.1 Å². The quantitative estimate of drug-likeness (QED) is 0.540. The predicted octanol–water partition coefficient (Wildman–Crippen LogP) is 4.05. The molecule has 0 radical (unpaired) electrons. The number of rotatable bonds is 6. The molecule has 4 rings (SSSR count). The van der Waals surface area contributed by atoms with E-state index >= 15 is 0 Å². The summed E-state index contributed by atoms with van der Waals surface area (Å²) in [5.74, 6) is -1.27. The fourth-order valence-corrected chi connectivity index (χ4v) is 4.15. The van der Waals surface area contributed by atoms with E-state index in [1.54, 1.807) is 48.2 Å². The van der Waals surface area contributed by atoms with E-state index in [0.29, 0.717) is 48.6 Å². The number of likely N-dealkylation sites (tertiary alicyclic amines) is 1. The first-order valence-electron chi connectivity index (χ1n) is 11.6. The van der Waals surface area contributed by atoms with Crippen molar-refractivity contribution < 1.29 is 23.5 Å². The van der Waals surface area contributed by atoms with E-state index in [1.165, 1.54) is 23.7 Å². The van der Waals surface area contributed by atoms with Crippen molar-refractivity contribution in [1.82, 2.24) is 14.7 Å². The van der Waals surface area contributed by atoms with E-state index in [1.807, 2.05) is 6.07 Å². The number of hydrogen-bond donors (Lipinski definition) is 1. The molecule has 1 N–H and O–H groups in total. The Balaban J connectivity index is 1.60. The molecule has 8 nitrogen and oxygen atoms in total. The lowest BCUT2D eigenvalue weighted by molar-refractivity contribution is -0.132. The second-order valence-corrected chi connectivity index (χ2v) is 8.38. The molecule has 1 fully saturated rings. The van der Waals surface area contributed by atoms with Crippen LogP contribution in [0.15, 0.2) is 54.6 Å². The molecule has 1 aliphatic heterocycles. The van der Waals surface area contributed by atoms with Crippen molar-refractivity contribution in [1.29, 1.82) is 0 Å². The lowest BCUT2D eigenvalue weighted by Crippen LogP contribution is -2.40. The summed E-state index contributed by atoms with van der Waals surface area (Å²) in [5, 5.41) is 7.32. The highest BCUT2D eigenvalue weighted by molar-refractivity contribution is 5.94. The molecule has 182 valence electrons. The third kappa shape index (κ3) is 5.56. The molecule has 0 bridgehead atoms. The van der Waals surface area contributed by atoms with Gasteiger partial charge in [-0.15, -0.1) is 0 Å². The van der Waals surface area contributed by atoms with Crippen LogP contribution in [0.3, 0.4) is 0 Å². The van der Waals surface area contributed by atoms with Crippen LogP contribution in [0.25, 0.3) is 16.9 Å². The average molecular weight is 479 g/mol. The fourth-order valence-electron chi connectivity index (χ4n) is 4.15. The average Bonchev–Trinajstić information content (AvgIpc) is 3.30. The van der Waals surface area contributed by atoms with Crippen molar-refractivity contribution in [2.45, 2.75) is 26.7 Å². The van der Waals surface area contributed by atoms with Crippen LogP contribution in [0, 0.1) is 11.7 Å². The van der Waals surface area contributed by atoms with Crippen molar-refractivity contribution in [2.24, 2.45) is 5.92 Å². The van der Waals surface area contributed by atoms with Crippen molar-refractivity contribution in [3.8, 4) is 16.9 Å². The minimum atomic E-state index is -0.578. The summed E-state index contributed by atoms with van der Waals surface area (Å²) in [7, 11) is 0. The number of anilines is 1. The smallest absolute Gasteiger partial charge is 0.358 e. The number of esters is 1. The second kappa shape index (κ2) is 10.5. The van der Waals surface area contributed by atoms with Gasteiger partial charge in [-0.3, -0.25) is 9.59 Å². The van der Waals surface area contributed by atoms with E-state index in [4.69, 9.17) is 4.74 Å². The van der Waals surface area contributed by atoms with E-state index in [9.17, 15) is 18.8 Å². The molecule has 3 aromatic rings. The van der Waals surface area contributed by atoms with Gasteiger partial charge in [-0.25, -0.2) is 13.9 Å². The van der Waals surface area contributed by atoms with Gasteiger partial charge in [0, 0.05) is 37.2 Å². The summed E-state index contributed by atoms with van der Waals surface area (Å²) in [6.07, 6.45) is 1.22. The third-order valence-electron chi connectivity index (χ3n) is 5.98. The maximum absolute atomic E-state index is 13.9. The van der Waals surface area contributed by atoms with Gasteiger partial charge in [-0.2, -0.15) is 5.10 Å². The molecule has 0 atom stereocenters. The molecule has 0 spiro atoms. The maximum Gasteiger partial charge on any atom is 0.358 e. The summed E-state index contributed by atoms with van der Waals surface area (Å²) >= 11 is 0. The van der Waals surface area contributed by atoms with E-state index in [0.717, 1.165) is 0 Å². The Morgan fingerprint density at radius 3 is 2.51 bits per heavy atom. The zero-order valence-corrected chi connectivity index (χ0v) is 19.7. The Kier molecular flexibility index (Phi) is 7.24. The number of nitrogens with one attached hydrogen (secondary N) is 1. The zero-order chi connectivity index (χ0) is 24.9. The summed E-state index contributed by atoms with van der Waals surface area (Å²) in [6.45, 7) is 4.58. The molecule has 0 saturated carbocycles. The van der Waals surface area contributed by atoms with Crippen LogP contribution in [-0.4, -0.2) is 52.2 Å². The molecule has 9 heteroatoms. The van der Waals surface area contributed by atoms with Crippen molar-refractivity contribution in [3.63, 3.8) is 0 Å². The monoisotopic (exact) mass is 478 g/mol. The molecule has 0 aliphatic carbocycles. The van der Waals surface area contributed by atoms with Crippen LogP contribution in [0.1, 0.15) is 37.2 Å². The Morgan fingerprint density at radius 1 is 1.09 bits per heavy atom. The minimum absolute atomic E-state index is 0.0219. The van der Waals surface area contributed by atoms with Crippen LogP contribution < -0.4 is 5.32 Å². The molecular formula is C26H27FN4O4. The van der Waals surface area contributed by atoms with Gasteiger partial charge in [0.05, 0.1) is 18.0 Å². The normalized spacial score (nSPS) is 14.0. The van der Waals surface area contributed by atoms with Gasteiger partial charge in [-0.1, -0.05) is 18.2 Å². The second-order valence-electron chi connectivity index (χ2n) is 8.38. The predicted molar refractivity (Wildman–Crippen MR) is 129 cm³/mol. The van der Waals surface area contributed by atoms with Gasteiger partial charge in [-0.05, 0) is 56.2 Å². The van der Waals surface area contributed by atoms with Gasteiger partial charge in [0.25, 0.3) is 0 Å². The van der Waals surface area contributed by atoms with Gasteiger partial charge >= 0.3 is 5.97 Å². The lowest BCUT2D eigenvalue weighted by Gasteiger charge is -2.30. The number of ether oxygens (including phenoxy) is 1. The van der Waals surface area contributed by atoms with Crippen LogP contribution >= 0.6 is 0 Å². The number of benzene rings is 2. The Bertz CT molecular complexity index is 1250. The molecule has 1 aromatic heterocycles. The molecule has 2 aromatic carbocycles. The maximum atomic E-state index is 13.9. The van der Waals surface area contributed by atoms with Crippen LogP contribution in [-0.2, 0) is 14.3 Å². The van der Waals surface area contributed by atoms with E-state index in [-0.39, 0.29) is 30.0 Å². The summed E-state index contributed by atoms with van der Waals surface area (Å²) < 4.78 is 20.5. The van der Waals surface area contributed by atoms with Crippen LogP contribution in [0.2, 0.25) is 0 Å².